The van der Waals surface area contributed by atoms with Crippen molar-refractivity contribution in [1.29, 1.82) is 0 Å². The highest BCUT2D eigenvalue weighted by molar-refractivity contribution is 7.99. The third kappa shape index (κ3) is 8.80. The molecule has 0 saturated heterocycles. The summed E-state index contributed by atoms with van der Waals surface area (Å²) in [4.78, 5) is 29.0. The highest BCUT2D eigenvalue weighted by Crippen LogP contribution is 2.25. The zero-order chi connectivity index (χ0) is 26.8. The summed E-state index contributed by atoms with van der Waals surface area (Å²) in [6, 6.07) is 22.5. The maximum atomic E-state index is 13.7. The Morgan fingerprint density at radius 1 is 0.973 bits per heavy atom. The molecule has 0 heterocycles. The third-order valence-corrected chi connectivity index (χ3v) is 7.93. The van der Waals surface area contributed by atoms with Gasteiger partial charge in [-0.25, -0.2) is 0 Å². The van der Waals surface area contributed by atoms with Crippen molar-refractivity contribution in [3.63, 3.8) is 0 Å². The van der Waals surface area contributed by atoms with Crippen LogP contribution in [0, 0.1) is 6.92 Å². The first-order valence-corrected chi connectivity index (χ1v) is 14.4. The number of halogens is 2. The van der Waals surface area contributed by atoms with E-state index in [4.69, 9.17) is 23.2 Å². The zero-order valence-electron chi connectivity index (χ0n) is 21.5. The molecule has 7 heteroatoms. The second kappa shape index (κ2) is 14.5. The van der Waals surface area contributed by atoms with E-state index in [9.17, 15) is 9.59 Å². The fraction of sp³-hybridized carbons (Fsp3) is 0.333. The van der Waals surface area contributed by atoms with Crippen molar-refractivity contribution in [3.05, 3.63) is 105 Å². The van der Waals surface area contributed by atoms with Gasteiger partial charge in [-0.15, -0.1) is 11.8 Å². The average molecular weight is 558 g/mol. The Hall–Kier alpha value is -2.47. The molecule has 0 bridgehead atoms. The second-order valence-corrected chi connectivity index (χ2v) is 11.0. The summed E-state index contributed by atoms with van der Waals surface area (Å²) in [5, 5.41) is 4.09. The fourth-order valence-corrected chi connectivity index (χ4v) is 5.39. The monoisotopic (exact) mass is 556 g/mol. The number of carbonyl (C=O) groups is 2. The summed E-state index contributed by atoms with van der Waals surface area (Å²) in [6.07, 6.45) is 1.20. The summed E-state index contributed by atoms with van der Waals surface area (Å²) in [5.41, 5.74) is 4.13. The van der Waals surface area contributed by atoms with E-state index >= 15 is 0 Å². The van der Waals surface area contributed by atoms with Crippen molar-refractivity contribution < 1.29 is 9.59 Å². The van der Waals surface area contributed by atoms with Gasteiger partial charge in [-0.05, 0) is 54.7 Å². The topological polar surface area (TPSA) is 49.4 Å². The SMILES string of the molecule is CC[C@H](C)NC(=O)[C@@H](Cc1ccccc1)N(Cc1ccc(Cl)cc1Cl)C(=O)CSCc1ccccc1C. The van der Waals surface area contributed by atoms with Gasteiger partial charge in [-0.2, -0.15) is 0 Å². The smallest absolute Gasteiger partial charge is 0.243 e. The van der Waals surface area contributed by atoms with Gasteiger partial charge in [0.15, 0.2) is 0 Å². The number of hydrogen-bond acceptors (Lipinski definition) is 3. The quantitative estimate of drug-likeness (QED) is 0.259. The van der Waals surface area contributed by atoms with E-state index in [1.165, 1.54) is 11.1 Å². The van der Waals surface area contributed by atoms with Crippen molar-refractivity contribution in [1.82, 2.24) is 10.2 Å². The largest absolute Gasteiger partial charge is 0.352 e. The number of thioether (sulfide) groups is 1. The second-order valence-electron chi connectivity index (χ2n) is 9.20. The van der Waals surface area contributed by atoms with Gasteiger partial charge in [0.2, 0.25) is 11.8 Å². The summed E-state index contributed by atoms with van der Waals surface area (Å²) in [6.45, 7) is 6.28. The Kier molecular flexibility index (Phi) is 11.4. The van der Waals surface area contributed by atoms with Crippen molar-refractivity contribution in [2.75, 3.05) is 5.75 Å². The Balaban J connectivity index is 1.89. The van der Waals surface area contributed by atoms with E-state index < -0.39 is 6.04 Å². The number of amides is 2. The number of nitrogens with zero attached hydrogens (tertiary/aromatic N) is 1. The Morgan fingerprint density at radius 2 is 1.68 bits per heavy atom. The van der Waals surface area contributed by atoms with E-state index in [1.54, 1.807) is 28.8 Å². The standard InChI is InChI=1S/C30H34Cl2N2O2S/c1-4-22(3)33-30(36)28(16-23-11-6-5-7-12-23)34(18-24-14-15-26(31)17-27(24)32)29(35)20-37-19-25-13-9-8-10-21(25)2/h5-15,17,22,28H,4,16,18-20H2,1-3H3,(H,33,36)/t22-,28+/m0/s1. The minimum Gasteiger partial charge on any atom is -0.352 e. The van der Waals surface area contributed by atoms with Crippen LogP contribution >= 0.6 is 35.0 Å². The number of carbonyl (C=O) groups excluding carboxylic acids is 2. The van der Waals surface area contributed by atoms with E-state index in [0.717, 1.165) is 23.3 Å². The summed E-state index contributed by atoms with van der Waals surface area (Å²) in [5.74, 6) is 0.697. The van der Waals surface area contributed by atoms with Crippen LogP contribution in [0.1, 0.15) is 42.5 Å². The number of hydrogen-bond donors (Lipinski definition) is 1. The molecule has 0 aliphatic heterocycles. The van der Waals surface area contributed by atoms with Crippen LogP contribution in [-0.2, 0) is 28.3 Å². The molecular formula is C30H34Cl2N2O2S. The lowest BCUT2D eigenvalue weighted by Crippen LogP contribution is -2.52. The molecular weight excluding hydrogens is 523 g/mol. The lowest BCUT2D eigenvalue weighted by molar-refractivity contribution is -0.139. The molecule has 3 aromatic rings. The van der Waals surface area contributed by atoms with Crippen LogP contribution in [-0.4, -0.2) is 34.6 Å². The van der Waals surface area contributed by atoms with Gasteiger partial charge >= 0.3 is 0 Å². The van der Waals surface area contributed by atoms with E-state index in [-0.39, 0.29) is 30.2 Å². The first-order valence-electron chi connectivity index (χ1n) is 12.5. The maximum absolute atomic E-state index is 13.7. The third-order valence-electron chi connectivity index (χ3n) is 6.37. The predicted octanol–water partition coefficient (Wildman–Crippen LogP) is 7.09. The predicted molar refractivity (Wildman–Crippen MR) is 156 cm³/mol. The molecule has 0 radical (unpaired) electrons. The Bertz CT molecular complexity index is 1190. The summed E-state index contributed by atoms with van der Waals surface area (Å²) < 4.78 is 0. The summed E-state index contributed by atoms with van der Waals surface area (Å²) >= 11 is 14.2. The zero-order valence-corrected chi connectivity index (χ0v) is 23.9. The minimum atomic E-state index is -0.685. The van der Waals surface area contributed by atoms with Crippen molar-refractivity contribution in [2.24, 2.45) is 0 Å². The molecule has 37 heavy (non-hydrogen) atoms. The molecule has 196 valence electrons. The van der Waals surface area contributed by atoms with Crippen LogP contribution in [0.2, 0.25) is 10.0 Å². The molecule has 2 atom stereocenters. The molecule has 0 aromatic heterocycles. The number of aryl methyl sites for hydroxylation is 1. The first-order chi connectivity index (χ1) is 17.8. The van der Waals surface area contributed by atoms with Crippen molar-refractivity contribution in [2.45, 2.75) is 58.0 Å². The molecule has 0 aliphatic rings. The lowest BCUT2D eigenvalue weighted by Gasteiger charge is -2.32. The van der Waals surface area contributed by atoms with Gasteiger partial charge < -0.3 is 10.2 Å². The fourth-order valence-electron chi connectivity index (χ4n) is 3.93. The molecule has 0 unspecified atom stereocenters. The van der Waals surface area contributed by atoms with Crippen LogP contribution in [0.25, 0.3) is 0 Å². The number of rotatable bonds is 12. The molecule has 2 amide bonds. The van der Waals surface area contributed by atoms with Crippen molar-refractivity contribution in [3.8, 4) is 0 Å². The van der Waals surface area contributed by atoms with E-state index in [0.29, 0.717) is 16.5 Å². The Morgan fingerprint density at radius 3 is 2.35 bits per heavy atom. The molecule has 3 aromatic carbocycles. The highest BCUT2D eigenvalue weighted by atomic mass is 35.5. The van der Waals surface area contributed by atoms with E-state index in [1.807, 2.05) is 62.4 Å². The normalized spacial score (nSPS) is 12.6. The van der Waals surface area contributed by atoms with Gasteiger partial charge in [0.05, 0.1) is 5.75 Å². The molecule has 1 N–H and O–H groups in total. The molecule has 0 saturated carbocycles. The van der Waals surface area contributed by atoms with Crippen molar-refractivity contribution >= 4 is 46.8 Å². The molecule has 4 nitrogen and oxygen atoms in total. The first kappa shape index (κ1) is 29.1. The van der Waals surface area contributed by atoms with Crippen LogP contribution in [0.15, 0.2) is 72.8 Å². The lowest BCUT2D eigenvalue weighted by atomic mass is 10.0. The molecule has 0 aliphatic carbocycles. The number of benzene rings is 3. The Labute approximate surface area is 234 Å². The van der Waals surface area contributed by atoms with Gasteiger partial charge in [-0.3, -0.25) is 9.59 Å². The molecule has 0 spiro atoms. The molecule has 3 rings (SSSR count). The molecule has 0 fully saturated rings. The van der Waals surface area contributed by atoms with Gasteiger partial charge in [-0.1, -0.05) is 90.8 Å². The maximum Gasteiger partial charge on any atom is 0.243 e. The van der Waals surface area contributed by atoms with Crippen LogP contribution in [0.5, 0.6) is 0 Å². The highest BCUT2D eigenvalue weighted by Gasteiger charge is 2.31. The van der Waals surface area contributed by atoms with Gasteiger partial charge in [0.25, 0.3) is 0 Å². The average Bonchev–Trinajstić information content (AvgIpc) is 2.88. The van der Waals surface area contributed by atoms with Crippen LogP contribution in [0.4, 0.5) is 0 Å². The van der Waals surface area contributed by atoms with Gasteiger partial charge in [0, 0.05) is 34.8 Å². The van der Waals surface area contributed by atoms with Gasteiger partial charge in [0.1, 0.15) is 6.04 Å². The van der Waals surface area contributed by atoms with Crippen LogP contribution in [0.3, 0.4) is 0 Å². The number of nitrogens with one attached hydrogen (secondary N) is 1. The van der Waals surface area contributed by atoms with Crippen LogP contribution < -0.4 is 5.32 Å². The minimum absolute atomic E-state index is 0.00252. The van der Waals surface area contributed by atoms with E-state index in [2.05, 4.69) is 24.4 Å². The summed E-state index contributed by atoms with van der Waals surface area (Å²) in [7, 11) is 0.